The van der Waals surface area contributed by atoms with Crippen molar-refractivity contribution in [2.45, 2.75) is 39.2 Å². The first-order chi connectivity index (χ1) is 9.50. The van der Waals surface area contributed by atoms with Gasteiger partial charge in [-0.1, -0.05) is 19.9 Å². The molecule has 0 saturated carbocycles. The van der Waals surface area contributed by atoms with Crippen LogP contribution in [0.2, 0.25) is 0 Å². The number of aliphatic hydroxyl groups excluding tert-OH is 1. The molecule has 0 bridgehead atoms. The van der Waals surface area contributed by atoms with Crippen LogP contribution in [0.1, 0.15) is 32.3 Å². The monoisotopic (exact) mass is 280 g/mol. The molecule has 0 aliphatic carbocycles. The number of rotatable bonds is 6. The van der Waals surface area contributed by atoms with Gasteiger partial charge in [0.15, 0.2) is 0 Å². The molecule has 0 aliphatic rings. The second-order valence-electron chi connectivity index (χ2n) is 4.93. The normalized spacial score (nSPS) is 11.1. The number of aryl methyl sites for hydroxylation is 1. The standard InChI is InChI=1S/C15H24N2O3/c1-5-15(6-2,10-18)17-14(19)16-12-9-11(3)7-8-13(12)20-4/h7-9,18H,5-6,10H2,1-4H3,(H2,16,17,19). The lowest BCUT2D eigenvalue weighted by Gasteiger charge is -2.30. The van der Waals surface area contributed by atoms with Crippen molar-refractivity contribution in [2.24, 2.45) is 0 Å². The van der Waals surface area contributed by atoms with Gasteiger partial charge in [-0.3, -0.25) is 0 Å². The van der Waals surface area contributed by atoms with E-state index < -0.39 is 5.54 Å². The van der Waals surface area contributed by atoms with Gasteiger partial charge >= 0.3 is 6.03 Å². The molecule has 0 radical (unpaired) electrons. The molecule has 0 saturated heterocycles. The molecule has 20 heavy (non-hydrogen) atoms. The summed E-state index contributed by atoms with van der Waals surface area (Å²) in [6.07, 6.45) is 1.33. The van der Waals surface area contributed by atoms with Crippen molar-refractivity contribution in [2.75, 3.05) is 19.0 Å². The Hall–Kier alpha value is -1.75. The second-order valence-corrected chi connectivity index (χ2v) is 4.93. The fourth-order valence-electron chi connectivity index (χ4n) is 2.00. The number of ether oxygens (including phenoxy) is 1. The highest BCUT2D eigenvalue weighted by Gasteiger charge is 2.27. The van der Waals surface area contributed by atoms with Crippen molar-refractivity contribution in [3.05, 3.63) is 23.8 Å². The van der Waals surface area contributed by atoms with Crippen molar-refractivity contribution in [3.8, 4) is 5.75 Å². The highest BCUT2D eigenvalue weighted by atomic mass is 16.5. The lowest BCUT2D eigenvalue weighted by Crippen LogP contribution is -2.52. The molecule has 0 atom stereocenters. The van der Waals surface area contributed by atoms with E-state index in [4.69, 9.17) is 4.74 Å². The van der Waals surface area contributed by atoms with Crippen LogP contribution < -0.4 is 15.4 Å². The fraction of sp³-hybridized carbons (Fsp3) is 0.533. The Morgan fingerprint density at radius 3 is 2.50 bits per heavy atom. The summed E-state index contributed by atoms with van der Waals surface area (Å²) in [7, 11) is 1.56. The zero-order chi connectivity index (χ0) is 15.2. The minimum absolute atomic E-state index is 0.0849. The van der Waals surface area contributed by atoms with Crippen molar-refractivity contribution < 1.29 is 14.6 Å². The van der Waals surface area contributed by atoms with Crippen LogP contribution in [-0.2, 0) is 0 Å². The molecule has 0 fully saturated rings. The third-order valence-corrected chi connectivity index (χ3v) is 3.64. The maximum absolute atomic E-state index is 12.1. The minimum atomic E-state index is -0.582. The number of carbonyl (C=O) groups is 1. The first kappa shape index (κ1) is 16.3. The second kappa shape index (κ2) is 7.14. The first-order valence-corrected chi connectivity index (χ1v) is 6.85. The molecular weight excluding hydrogens is 256 g/mol. The summed E-state index contributed by atoms with van der Waals surface area (Å²) >= 11 is 0. The summed E-state index contributed by atoms with van der Waals surface area (Å²) in [5, 5.41) is 15.1. The van der Waals surface area contributed by atoms with Gasteiger partial charge in [0.05, 0.1) is 24.9 Å². The largest absolute Gasteiger partial charge is 0.495 e. The number of hydrogen-bond acceptors (Lipinski definition) is 3. The van der Waals surface area contributed by atoms with Crippen molar-refractivity contribution in [1.82, 2.24) is 5.32 Å². The zero-order valence-corrected chi connectivity index (χ0v) is 12.6. The number of anilines is 1. The Morgan fingerprint density at radius 2 is 2.00 bits per heavy atom. The number of carbonyl (C=O) groups excluding carboxylic acids is 1. The average Bonchev–Trinajstić information content (AvgIpc) is 2.45. The number of urea groups is 1. The predicted octanol–water partition coefficient (Wildman–Crippen LogP) is 2.68. The Balaban J connectivity index is 2.83. The highest BCUT2D eigenvalue weighted by Crippen LogP contribution is 2.25. The smallest absolute Gasteiger partial charge is 0.319 e. The van der Waals surface area contributed by atoms with Crippen LogP contribution in [-0.4, -0.2) is 30.4 Å². The lowest BCUT2D eigenvalue weighted by atomic mass is 9.94. The Bertz CT molecular complexity index is 448. The van der Waals surface area contributed by atoms with Gasteiger partial charge in [-0.15, -0.1) is 0 Å². The van der Waals surface area contributed by atoms with Crippen LogP contribution in [0.4, 0.5) is 10.5 Å². The Kier molecular flexibility index (Phi) is 5.82. The summed E-state index contributed by atoms with van der Waals surface area (Å²) in [4.78, 5) is 12.1. The molecule has 1 aromatic rings. The van der Waals surface area contributed by atoms with E-state index in [1.807, 2.05) is 39.0 Å². The number of benzene rings is 1. The molecular formula is C15H24N2O3. The van der Waals surface area contributed by atoms with E-state index >= 15 is 0 Å². The molecule has 0 aromatic heterocycles. The summed E-state index contributed by atoms with van der Waals surface area (Å²) in [5.41, 5.74) is 1.06. The SMILES string of the molecule is CCC(CC)(CO)NC(=O)Nc1cc(C)ccc1OC. The van der Waals surface area contributed by atoms with E-state index in [1.54, 1.807) is 7.11 Å². The van der Waals surface area contributed by atoms with Gasteiger partial charge in [0.25, 0.3) is 0 Å². The summed E-state index contributed by atoms with van der Waals surface area (Å²) in [6.45, 7) is 5.73. The van der Waals surface area contributed by atoms with Gasteiger partial charge in [-0.2, -0.15) is 0 Å². The van der Waals surface area contributed by atoms with Crippen LogP contribution in [0.3, 0.4) is 0 Å². The Morgan fingerprint density at radius 1 is 1.35 bits per heavy atom. The van der Waals surface area contributed by atoms with Gasteiger partial charge in [0, 0.05) is 0 Å². The molecule has 5 nitrogen and oxygen atoms in total. The van der Waals surface area contributed by atoms with Gasteiger partial charge in [-0.25, -0.2) is 4.79 Å². The molecule has 112 valence electrons. The Labute approximate surface area is 120 Å². The first-order valence-electron chi connectivity index (χ1n) is 6.85. The van der Waals surface area contributed by atoms with Crippen LogP contribution in [0.15, 0.2) is 18.2 Å². The number of methoxy groups -OCH3 is 1. The average molecular weight is 280 g/mol. The lowest BCUT2D eigenvalue weighted by molar-refractivity contribution is 0.155. The van der Waals surface area contributed by atoms with E-state index in [0.717, 1.165) is 5.56 Å². The van der Waals surface area contributed by atoms with Gasteiger partial charge < -0.3 is 20.5 Å². The predicted molar refractivity (Wildman–Crippen MR) is 80.3 cm³/mol. The van der Waals surface area contributed by atoms with Crippen LogP contribution in [0, 0.1) is 6.92 Å². The van der Waals surface area contributed by atoms with E-state index in [1.165, 1.54) is 0 Å². The molecule has 3 N–H and O–H groups in total. The molecule has 0 spiro atoms. The molecule has 5 heteroatoms. The molecule has 1 aromatic carbocycles. The van der Waals surface area contributed by atoms with E-state index in [9.17, 15) is 9.90 Å². The maximum Gasteiger partial charge on any atom is 0.319 e. The quantitative estimate of drug-likeness (QED) is 0.750. The highest BCUT2D eigenvalue weighted by molar-refractivity contribution is 5.91. The number of hydrogen-bond donors (Lipinski definition) is 3. The van der Waals surface area contributed by atoms with Crippen LogP contribution >= 0.6 is 0 Å². The summed E-state index contributed by atoms with van der Waals surface area (Å²) in [6, 6.07) is 5.23. The minimum Gasteiger partial charge on any atom is -0.495 e. The number of aliphatic hydroxyl groups is 1. The molecule has 0 unspecified atom stereocenters. The van der Waals surface area contributed by atoms with Gasteiger partial charge in [0.1, 0.15) is 5.75 Å². The molecule has 1 rings (SSSR count). The van der Waals surface area contributed by atoms with Gasteiger partial charge in [-0.05, 0) is 37.5 Å². The molecule has 0 aliphatic heterocycles. The topological polar surface area (TPSA) is 70.6 Å². The third kappa shape index (κ3) is 3.87. The number of amides is 2. The van der Waals surface area contributed by atoms with Crippen molar-refractivity contribution in [1.29, 1.82) is 0 Å². The van der Waals surface area contributed by atoms with Crippen LogP contribution in [0.25, 0.3) is 0 Å². The summed E-state index contributed by atoms with van der Waals surface area (Å²) < 4.78 is 5.22. The molecule has 0 heterocycles. The van der Waals surface area contributed by atoms with Gasteiger partial charge in [0.2, 0.25) is 0 Å². The van der Waals surface area contributed by atoms with Crippen LogP contribution in [0.5, 0.6) is 5.75 Å². The van der Waals surface area contributed by atoms with E-state index in [-0.39, 0.29) is 12.6 Å². The van der Waals surface area contributed by atoms with E-state index in [0.29, 0.717) is 24.3 Å². The zero-order valence-electron chi connectivity index (χ0n) is 12.6. The van der Waals surface area contributed by atoms with Crippen molar-refractivity contribution in [3.63, 3.8) is 0 Å². The molecule has 2 amide bonds. The maximum atomic E-state index is 12.1. The number of nitrogens with one attached hydrogen (secondary N) is 2. The van der Waals surface area contributed by atoms with Crippen molar-refractivity contribution >= 4 is 11.7 Å². The third-order valence-electron chi connectivity index (χ3n) is 3.64. The van der Waals surface area contributed by atoms with E-state index in [2.05, 4.69) is 10.6 Å². The fourth-order valence-corrected chi connectivity index (χ4v) is 2.00. The summed E-state index contributed by atoms with van der Waals surface area (Å²) in [5.74, 6) is 0.605.